The number of nitrogens with one attached hydrogen (secondary N) is 1. The van der Waals surface area contributed by atoms with Crippen molar-refractivity contribution >= 4 is 5.91 Å². The van der Waals surface area contributed by atoms with E-state index in [1.165, 1.54) is 11.1 Å². The number of carbonyl (C=O) groups is 1. The van der Waals surface area contributed by atoms with Gasteiger partial charge >= 0.3 is 0 Å². The molecule has 0 saturated carbocycles. The number of hydrogen-bond donors (Lipinski definition) is 1. The van der Waals surface area contributed by atoms with E-state index in [0.29, 0.717) is 11.3 Å². The van der Waals surface area contributed by atoms with Gasteiger partial charge in [0.2, 0.25) is 0 Å². The molecule has 0 aromatic heterocycles. The predicted octanol–water partition coefficient (Wildman–Crippen LogP) is 3.80. The van der Waals surface area contributed by atoms with Gasteiger partial charge < -0.3 is 10.1 Å². The van der Waals surface area contributed by atoms with Crippen LogP contribution in [-0.4, -0.2) is 13.0 Å². The molecule has 0 aliphatic carbocycles. The van der Waals surface area contributed by atoms with Crippen LogP contribution in [0.3, 0.4) is 0 Å². The van der Waals surface area contributed by atoms with Crippen LogP contribution < -0.4 is 10.1 Å². The number of aryl methyl sites for hydroxylation is 2. The first-order valence-corrected chi connectivity index (χ1v) is 7.03. The minimum absolute atomic E-state index is 0.0389. The summed E-state index contributed by atoms with van der Waals surface area (Å²) in [4.78, 5) is 12.3. The summed E-state index contributed by atoms with van der Waals surface area (Å²) in [5.41, 5.74) is 4.19. The minimum Gasteiger partial charge on any atom is -0.497 e. The van der Waals surface area contributed by atoms with Gasteiger partial charge in [-0.25, -0.2) is 0 Å². The Balaban J connectivity index is 2.12. The molecule has 2 aromatic carbocycles. The van der Waals surface area contributed by atoms with Crippen LogP contribution in [0.5, 0.6) is 5.75 Å². The maximum absolute atomic E-state index is 12.3. The van der Waals surface area contributed by atoms with E-state index in [-0.39, 0.29) is 11.9 Å². The van der Waals surface area contributed by atoms with Gasteiger partial charge in [0.05, 0.1) is 13.2 Å². The maximum Gasteiger partial charge on any atom is 0.251 e. The fraction of sp³-hybridized carbons (Fsp3) is 0.278. The van der Waals surface area contributed by atoms with E-state index < -0.39 is 0 Å². The molecule has 1 N–H and O–H groups in total. The van der Waals surface area contributed by atoms with Gasteiger partial charge in [-0.15, -0.1) is 0 Å². The first-order valence-electron chi connectivity index (χ1n) is 7.03. The van der Waals surface area contributed by atoms with Gasteiger partial charge in [-0.1, -0.05) is 24.3 Å². The van der Waals surface area contributed by atoms with Crippen molar-refractivity contribution < 1.29 is 9.53 Å². The summed E-state index contributed by atoms with van der Waals surface area (Å²) in [5.74, 6) is 0.584. The van der Waals surface area contributed by atoms with Crippen molar-refractivity contribution in [1.29, 1.82) is 0 Å². The van der Waals surface area contributed by atoms with Crippen LogP contribution >= 0.6 is 0 Å². The van der Waals surface area contributed by atoms with E-state index in [2.05, 4.69) is 37.4 Å². The largest absolute Gasteiger partial charge is 0.497 e. The van der Waals surface area contributed by atoms with Crippen LogP contribution in [0.25, 0.3) is 0 Å². The zero-order valence-electron chi connectivity index (χ0n) is 12.9. The fourth-order valence-corrected chi connectivity index (χ4v) is 2.16. The van der Waals surface area contributed by atoms with Crippen molar-refractivity contribution in [3.05, 3.63) is 64.7 Å². The molecule has 0 saturated heterocycles. The van der Waals surface area contributed by atoms with Crippen molar-refractivity contribution in [3.8, 4) is 5.75 Å². The van der Waals surface area contributed by atoms with Crippen LogP contribution in [0, 0.1) is 13.8 Å². The lowest BCUT2D eigenvalue weighted by atomic mass is 10.0. The second-order valence-corrected chi connectivity index (χ2v) is 5.27. The summed E-state index contributed by atoms with van der Waals surface area (Å²) in [7, 11) is 1.59. The molecule has 110 valence electrons. The summed E-state index contributed by atoms with van der Waals surface area (Å²) in [6.07, 6.45) is 0. The van der Waals surface area contributed by atoms with Crippen molar-refractivity contribution in [1.82, 2.24) is 5.32 Å². The van der Waals surface area contributed by atoms with Gasteiger partial charge in [-0.05, 0) is 55.7 Å². The Hall–Kier alpha value is -2.29. The summed E-state index contributed by atoms with van der Waals surface area (Å²) < 4.78 is 5.14. The predicted molar refractivity (Wildman–Crippen MR) is 84.8 cm³/mol. The standard InChI is InChI=1S/C18H21NO2/c1-12-8-9-15(10-13(12)2)14(3)19-18(20)16-6-5-7-17(11-16)21-4/h5-11,14H,1-4H3,(H,19,20)/t14-/m0/s1. The average molecular weight is 283 g/mol. The monoisotopic (exact) mass is 283 g/mol. The highest BCUT2D eigenvalue weighted by atomic mass is 16.5. The lowest BCUT2D eigenvalue weighted by Gasteiger charge is -2.16. The number of methoxy groups -OCH3 is 1. The lowest BCUT2D eigenvalue weighted by molar-refractivity contribution is 0.0939. The summed E-state index contributed by atoms with van der Waals surface area (Å²) in [5, 5.41) is 3.02. The third-order valence-electron chi connectivity index (χ3n) is 3.71. The molecule has 0 spiro atoms. The number of rotatable bonds is 4. The Morgan fingerprint density at radius 3 is 2.52 bits per heavy atom. The molecule has 0 fully saturated rings. The zero-order valence-corrected chi connectivity index (χ0v) is 12.9. The molecule has 0 unspecified atom stereocenters. The molecule has 2 rings (SSSR count). The lowest BCUT2D eigenvalue weighted by Crippen LogP contribution is -2.26. The van der Waals surface area contributed by atoms with Crippen LogP contribution in [-0.2, 0) is 0 Å². The van der Waals surface area contributed by atoms with Crippen molar-refractivity contribution in [3.63, 3.8) is 0 Å². The van der Waals surface area contributed by atoms with Gasteiger partial charge in [-0.3, -0.25) is 4.79 Å². The van der Waals surface area contributed by atoms with Gasteiger partial charge in [0, 0.05) is 5.56 Å². The smallest absolute Gasteiger partial charge is 0.251 e. The quantitative estimate of drug-likeness (QED) is 0.926. The van der Waals surface area contributed by atoms with E-state index >= 15 is 0 Å². The van der Waals surface area contributed by atoms with Gasteiger partial charge in [0.25, 0.3) is 5.91 Å². The Labute approximate surface area is 126 Å². The molecule has 0 heterocycles. The second-order valence-electron chi connectivity index (χ2n) is 5.27. The van der Waals surface area contributed by atoms with Crippen LogP contribution in [0.2, 0.25) is 0 Å². The molecule has 1 amide bonds. The Bertz CT molecular complexity index is 649. The molecule has 21 heavy (non-hydrogen) atoms. The molecule has 3 nitrogen and oxygen atoms in total. The van der Waals surface area contributed by atoms with E-state index in [1.807, 2.05) is 19.1 Å². The average Bonchev–Trinajstić information content (AvgIpc) is 2.49. The molecule has 0 bridgehead atoms. The summed E-state index contributed by atoms with van der Waals surface area (Å²) >= 11 is 0. The molecular weight excluding hydrogens is 262 g/mol. The van der Waals surface area contributed by atoms with E-state index in [4.69, 9.17) is 4.74 Å². The Kier molecular flexibility index (Phi) is 4.63. The first kappa shape index (κ1) is 15.1. The molecule has 2 aromatic rings. The van der Waals surface area contributed by atoms with Crippen molar-refractivity contribution in [2.24, 2.45) is 0 Å². The summed E-state index contributed by atoms with van der Waals surface area (Å²) in [6.45, 7) is 6.15. The van der Waals surface area contributed by atoms with E-state index in [9.17, 15) is 4.79 Å². The van der Waals surface area contributed by atoms with E-state index in [1.54, 1.807) is 19.2 Å². The molecule has 0 radical (unpaired) electrons. The highest BCUT2D eigenvalue weighted by molar-refractivity contribution is 5.94. The maximum atomic E-state index is 12.3. The van der Waals surface area contributed by atoms with Crippen molar-refractivity contribution in [2.45, 2.75) is 26.8 Å². The Morgan fingerprint density at radius 2 is 1.86 bits per heavy atom. The SMILES string of the molecule is COc1cccc(C(=O)N[C@@H](C)c2ccc(C)c(C)c2)c1. The molecule has 1 atom stereocenters. The van der Waals surface area contributed by atoms with Crippen LogP contribution in [0.15, 0.2) is 42.5 Å². The third kappa shape index (κ3) is 3.63. The molecule has 0 aliphatic heterocycles. The highest BCUT2D eigenvalue weighted by Gasteiger charge is 2.12. The summed E-state index contributed by atoms with van der Waals surface area (Å²) in [6, 6.07) is 13.4. The number of carbonyl (C=O) groups excluding carboxylic acids is 1. The molecule has 3 heteroatoms. The first-order chi connectivity index (χ1) is 10.0. The van der Waals surface area contributed by atoms with Crippen molar-refractivity contribution in [2.75, 3.05) is 7.11 Å². The number of benzene rings is 2. The number of ether oxygens (including phenoxy) is 1. The fourth-order valence-electron chi connectivity index (χ4n) is 2.16. The normalized spacial score (nSPS) is 11.8. The third-order valence-corrected chi connectivity index (χ3v) is 3.71. The molecular formula is C18H21NO2. The minimum atomic E-state index is -0.0976. The number of amides is 1. The second kappa shape index (κ2) is 6.44. The number of hydrogen-bond acceptors (Lipinski definition) is 2. The van der Waals surface area contributed by atoms with Gasteiger partial charge in [0.1, 0.15) is 5.75 Å². The topological polar surface area (TPSA) is 38.3 Å². The Morgan fingerprint density at radius 1 is 1.10 bits per heavy atom. The van der Waals surface area contributed by atoms with E-state index in [0.717, 1.165) is 5.56 Å². The highest BCUT2D eigenvalue weighted by Crippen LogP contribution is 2.18. The zero-order chi connectivity index (χ0) is 15.4. The van der Waals surface area contributed by atoms with Crippen LogP contribution in [0.1, 0.15) is 40.0 Å². The van der Waals surface area contributed by atoms with Crippen LogP contribution in [0.4, 0.5) is 0 Å². The van der Waals surface area contributed by atoms with Gasteiger partial charge in [-0.2, -0.15) is 0 Å². The van der Waals surface area contributed by atoms with Gasteiger partial charge in [0.15, 0.2) is 0 Å². The molecule has 0 aliphatic rings.